The van der Waals surface area contributed by atoms with E-state index in [-0.39, 0.29) is 6.54 Å². The van der Waals surface area contributed by atoms with E-state index in [2.05, 4.69) is 4.90 Å². The zero-order valence-corrected chi connectivity index (χ0v) is 15.8. The SMILES string of the molecule is COCCC[C@H]1CCCCN1Cc1ccc(CN(C)S(C)(=O)=O)o1. The second-order valence-corrected chi connectivity index (χ2v) is 8.73. The van der Waals surface area contributed by atoms with Crippen LogP contribution in [0.15, 0.2) is 16.5 Å². The molecule has 0 amide bonds. The Balaban J connectivity index is 1.92. The second kappa shape index (κ2) is 8.99. The Kier molecular flexibility index (Phi) is 7.28. The van der Waals surface area contributed by atoms with Crippen molar-refractivity contribution in [3.8, 4) is 0 Å². The molecule has 0 N–H and O–H groups in total. The molecule has 24 heavy (non-hydrogen) atoms. The standard InChI is InChI=1S/C17H30N2O4S/c1-18(24(3,20)21)13-16-9-10-17(23-16)14-19-11-5-4-7-15(19)8-6-12-22-2/h9-10,15H,4-8,11-14H2,1-3H3/t15-/m1/s1. The van der Waals surface area contributed by atoms with Gasteiger partial charge >= 0.3 is 0 Å². The average Bonchev–Trinajstić information content (AvgIpc) is 2.95. The zero-order chi connectivity index (χ0) is 17.6. The molecule has 1 saturated heterocycles. The maximum absolute atomic E-state index is 11.5. The summed E-state index contributed by atoms with van der Waals surface area (Å²) in [4.78, 5) is 2.49. The molecular formula is C17H30N2O4S. The molecule has 2 heterocycles. The topological polar surface area (TPSA) is 63.0 Å². The van der Waals surface area contributed by atoms with Gasteiger partial charge in [0.05, 0.1) is 19.3 Å². The number of piperidine rings is 1. The van der Waals surface area contributed by atoms with E-state index in [0.29, 0.717) is 11.8 Å². The van der Waals surface area contributed by atoms with E-state index in [9.17, 15) is 8.42 Å². The number of hydrogen-bond acceptors (Lipinski definition) is 5. The summed E-state index contributed by atoms with van der Waals surface area (Å²) in [5.74, 6) is 1.59. The fourth-order valence-corrected chi connectivity index (χ4v) is 3.55. The van der Waals surface area contributed by atoms with Crippen molar-refractivity contribution in [2.75, 3.05) is 33.6 Å². The van der Waals surface area contributed by atoms with Gasteiger partial charge in [0, 0.05) is 26.8 Å². The Labute approximate surface area is 145 Å². The van der Waals surface area contributed by atoms with Gasteiger partial charge < -0.3 is 9.15 Å². The Morgan fingerprint density at radius 3 is 2.79 bits per heavy atom. The summed E-state index contributed by atoms with van der Waals surface area (Å²) in [5, 5.41) is 0. The molecule has 0 unspecified atom stereocenters. The third-order valence-electron chi connectivity index (χ3n) is 4.66. The molecule has 1 fully saturated rings. The fourth-order valence-electron chi connectivity index (χ4n) is 3.19. The number of nitrogens with zero attached hydrogens (tertiary/aromatic N) is 2. The first-order valence-electron chi connectivity index (χ1n) is 8.62. The van der Waals surface area contributed by atoms with E-state index >= 15 is 0 Å². The Morgan fingerprint density at radius 1 is 1.33 bits per heavy atom. The van der Waals surface area contributed by atoms with Crippen LogP contribution < -0.4 is 0 Å². The minimum atomic E-state index is -3.19. The molecule has 1 aliphatic heterocycles. The molecule has 0 aliphatic carbocycles. The molecule has 0 bridgehead atoms. The lowest BCUT2D eigenvalue weighted by molar-refractivity contribution is 0.109. The van der Waals surface area contributed by atoms with Crippen LogP contribution in [-0.2, 0) is 27.8 Å². The van der Waals surface area contributed by atoms with Crippen LogP contribution in [0.4, 0.5) is 0 Å². The van der Waals surface area contributed by atoms with E-state index < -0.39 is 10.0 Å². The molecule has 6 nitrogen and oxygen atoms in total. The predicted molar refractivity (Wildman–Crippen MR) is 94.2 cm³/mol. The van der Waals surface area contributed by atoms with Crippen molar-refractivity contribution in [2.45, 2.75) is 51.2 Å². The number of ether oxygens (including phenoxy) is 1. The molecule has 0 saturated carbocycles. The molecule has 1 aromatic rings. The maximum Gasteiger partial charge on any atom is 0.211 e. The van der Waals surface area contributed by atoms with Crippen molar-refractivity contribution in [3.05, 3.63) is 23.7 Å². The number of hydrogen-bond donors (Lipinski definition) is 0. The molecule has 0 spiro atoms. The lowest BCUT2D eigenvalue weighted by atomic mass is 9.98. The minimum absolute atomic E-state index is 0.274. The van der Waals surface area contributed by atoms with Crippen LogP contribution in [0.1, 0.15) is 43.6 Å². The molecular weight excluding hydrogens is 328 g/mol. The van der Waals surface area contributed by atoms with Crippen molar-refractivity contribution in [2.24, 2.45) is 0 Å². The highest BCUT2D eigenvalue weighted by molar-refractivity contribution is 7.88. The molecule has 1 aromatic heterocycles. The maximum atomic E-state index is 11.5. The summed E-state index contributed by atoms with van der Waals surface area (Å²) in [6.45, 7) is 2.97. The van der Waals surface area contributed by atoms with Crippen LogP contribution in [0.5, 0.6) is 0 Å². The summed E-state index contributed by atoms with van der Waals surface area (Å²) in [6.07, 6.45) is 7.18. The summed E-state index contributed by atoms with van der Waals surface area (Å²) in [7, 11) is 0.121. The fraction of sp³-hybridized carbons (Fsp3) is 0.765. The number of sulfonamides is 1. The number of methoxy groups -OCH3 is 1. The van der Waals surface area contributed by atoms with Crippen molar-refractivity contribution in [3.63, 3.8) is 0 Å². The summed E-state index contributed by atoms with van der Waals surface area (Å²) < 4.78 is 35.3. The van der Waals surface area contributed by atoms with Crippen LogP contribution in [0.25, 0.3) is 0 Å². The second-order valence-electron chi connectivity index (χ2n) is 6.64. The number of likely N-dealkylation sites (tertiary alicyclic amines) is 1. The van der Waals surface area contributed by atoms with Gasteiger partial charge in [-0.3, -0.25) is 4.90 Å². The zero-order valence-electron chi connectivity index (χ0n) is 15.0. The molecule has 138 valence electrons. The molecule has 0 aromatic carbocycles. The van der Waals surface area contributed by atoms with Crippen LogP contribution in [0.3, 0.4) is 0 Å². The Bertz CT molecular complexity index is 599. The smallest absolute Gasteiger partial charge is 0.211 e. The molecule has 1 atom stereocenters. The van der Waals surface area contributed by atoms with E-state index in [1.54, 1.807) is 14.2 Å². The first kappa shape index (κ1) is 19.4. The summed E-state index contributed by atoms with van der Waals surface area (Å²) >= 11 is 0. The highest BCUT2D eigenvalue weighted by Gasteiger charge is 2.23. The quantitative estimate of drug-likeness (QED) is 0.635. The van der Waals surface area contributed by atoms with Gasteiger partial charge in [-0.2, -0.15) is 4.31 Å². The van der Waals surface area contributed by atoms with Gasteiger partial charge in [-0.15, -0.1) is 0 Å². The summed E-state index contributed by atoms with van der Waals surface area (Å²) in [6, 6.07) is 4.42. The van der Waals surface area contributed by atoms with Gasteiger partial charge in [-0.1, -0.05) is 6.42 Å². The van der Waals surface area contributed by atoms with Gasteiger partial charge in [0.1, 0.15) is 11.5 Å². The number of furan rings is 1. The van der Waals surface area contributed by atoms with Crippen LogP contribution in [0, 0.1) is 0 Å². The average molecular weight is 359 g/mol. The normalized spacial score (nSPS) is 19.9. The van der Waals surface area contributed by atoms with Crippen LogP contribution >= 0.6 is 0 Å². The molecule has 1 aliphatic rings. The molecule has 0 radical (unpaired) electrons. The van der Waals surface area contributed by atoms with Crippen molar-refractivity contribution >= 4 is 10.0 Å². The van der Waals surface area contributed by atoms with E-state index in [1.807, 2.05) is 12.1 Å². The predicted octanol–water partition coefficient (Wildman–Crippen LogP) is 2.45. The van der Waals surface area contributed by atoms with Gasteiger partial charge in [-0.05, 0) is 44.4 Å². The Morgan fingerprint density at radius 2 is 2.08 bits per heavy atom. The highest BCUT2D eigenvalue weighted by Crippen LogP contribution is 2.24. The minimum Gasteiger partial charge on any atom is -0.463 e. The molecule has 2 rings (SSSR count). The van der Waals surface area contributed by atoms with E-state index in [1.165, 1.54) is 29.8 Å². The Hall–Kier alpha value is -0.890. The monoisotopic (exact) mass is 358 g/mol. The van der Waals surface area contributed by atoms with Crippen LogP contribution in [-0.4, -0.2) is 57.2 Å². The van der Waals surface area contributed by atoms with Crippen molar-refractivity contribution in [1.82, 2.24) is 9.21 Å². The van der Waals surface area contributed by atoms with Gasteiger partial charge in [0.15, 0.2) is 0 Å². The van der Waals surface area contributed by atoms with E-state index in [0.717, 1.165) is 38.3 Å². The van der Waals surface area contributed by atoms with Gasteiger partial charge in [0.25, 0.3) is 0 Å². The van der Waals surface area contributed by atoms with Crippen LogP contribution in [0.2, 0.25) is 0 Å². The van der Waals surface area contributed by atoms with Gasteiger partial charge in [-0.25, -0.2) is 8.42 Å². The summed E-state index contributed by atoms with van der Waals surface area (Å²) in [5.41, 5.74) is 0. The lowest BCUT2D eigenvalue weighted by Gasteiger charge is -2.35. The third kappa shape index (κ3) is 5.88. The molecule has 7 heteroatoms. The lowest BCUT2D eigenvalue weighted by Crippen LogP contribution is -2.38. The third-order valence-corrected chi connectivity index (χ3v) is 5.92. The largest absolute Gasteiger partial charge is 0.463 e. The van der Waals surface area contributed by atoms with E-state index in [4.69, 9.17) is 9.15 Å². The van der Waals surface area contributed by atoms with Crippen molar-refractivity contribution < 1.29 is 17.6 Å². The first-order chi connectivity index (χ1) is 11.4. The van der Waals surface area contributed by atoms with Crippen molar-refractivity contribution in [1.29, 1.82) is 0 Å². The highest BCUT2D eigenvalue weighted by atomic mass is 32.2. The first-order valence-corrected chi connectivity index (χ1v) is 10.5. The number of rotatable bonds is 9. The van der Waals surface area contributed by atoms with Gasteiger partial charge in [0.2, 0.25) is 10.0 Å².